The number of benzene rings is 1. The van der Waals surface area contributed by atoms with Crippen LogP contribution < -0.4 is 0 Å². The Balaban J connectivity index is 1.78. The average molecular weight is 288 g/mol. The first-order valence-electron chi connectivity index (χ1n) is 7.23. The summed E-state index contributed by atoms with van der Waals surface area (Å²) >= 11 is 0. The number of para-hydroxylation sites is 1. The molecular formula is C18H12N2O2. The zero-order valence-electron chi connectivity index (χ0n) is 11.7. The highest BCUT2D eigenvalue weighted by Crippen LogP contribution is 2.50. The molecule has 4 heteroatoms. The van der Waals surface area contributed by atoms with E-state index in [1.807, 2.05) is 36.6 Å². The number of aliphatic imine (C=N–C) groups is 1. The Bertz CT molecular complexity index is 901. The molecule has 1 aliphatic carbocycles. The van der Waals surface area contributed by atoms with Crippen molar-refractivity contribution in [1.29, 1.82) is 0 Å². The van der Waals surface area contributed by atoms with Crippen LogP contribution in [0.3, 0.4) is 0 Å². The number of carboxylic acids is 1. The first-order chi connectivity index (χ1) is 10.7. The summed E-state index contributed by atoms with van der Waals surface area (Å²) in [6.07, 6.45) is 9.74. The lowest BCUT2D eigenvalue weighted by Crippen LogP contribution is -2.50. The van der Waals surface area contributed by atoms with Crippen molar-refractivity contribution in [3.8, 4) is 0 Å². The van der Waals surface area contributed by atoms with E-state index < -0.39 is 11.5 Å². The van der Waals surface area contributed by atoms with E-state index >= 15 is 0 Å². The molecule has 0 bridgehead atoms. The minimum atomic E-state index is -0.887. The highest BCUT2D eigenvalue weighted by molar-refractivity contribution is 6.36. The van der Waals surface area contributed by atoms with Crippen LogP contribution in [0.25, 0.3) is 5.57 Å². The number of carbonyl (C=O) groups is 1. The van der Waals surface area contributed by atoms with Crippen molar-refractivity contribution in [2.75, 3.05) is 6.54 Å². The maximum atomic E-state index is 11.5. The minimum Gasteiger partial charge on any atom is -0.478 e. The Morgan fingerprint density at radius 3 is 3.00 bits per heavy atom. The molecule has 3 aliphatic heterocycles. The Kier molecular flexibility index (Phi) is 1.95. The summed E-state index contributed by atoms with van der Waals surface area (Å²) in [4.78, 5) is 18.5. The van der Waals surface area contributed by atoms with Crippen LogP contribution in [0.2, 0.25) is 0 Å². The summed E-state index contributed by atoms with van der Waals surface area (Å²) < 4.78 is 0. The smallest absolute Gasteiger partial charge is 0.336 e. The first kappa shape index (κ1) is 11.7. The number of hydrogen-bond acceptors (Lipinski definition) is 3. The molecule has 4 aliphatic rings. The van der Waals surface area contributed by atoms with E-state index in [1.165, 1.54) is 0 Å². The fourth-order valence-electron chi connectivity index (χ4n) is 3.87. The van der Waals surface area contributed by atoms with Gasteiger partial charge in [-0.3, -0.25) is 0 Å². The molecule has 1 aromatic carbocycles. The van der Waals surface area contributed by atoms with Gasteiger partial charge >= 0.3 is 5.97 Å². The van der Waals surface area contributed by atoms with Crippen LogP contribution in [-0.2, 0) is 4.79 Å². The van der Waals surface area contributed by atoms with Gasteiger partial charge in [0.15, 0.2) is 0 Å². The molecule has 1 unspecified atom stereocenters. The molecule has 1 N–H and O–H groups in total. The van der Waals surface area contributed by atoms with Gasteiger partial charge in [0, 0.05) is 29.5 Å². The lowest BCUT2D eigenvalue weighted by molar-refractivity contribution is -0.132. The maximum absolute atomic E-state index is 11.5. The number of carboxylic acid groups (broad SMARTS) is 1. The Labute approximate surface area is 127 Å². The molecule has 0 amide bonds. The van der Waals surface area contributed by atoms with Gasteiger partial charge in [0.25, 0.3) is 0 Å². The Morgan fingerprint density at radius 1 is 1.27 bits per heavy atom. The van der Waals surface area contributed by atoms with E-state index in [0.29, 0.717) is 5.57 Å². The molecule has 0 radical (unpaired) electrons. The van der Waals surface area contributed by atoms with Crippen molar-refractivity contribution in [2.45, 2.75) is 5.54 Å². The van der Waals surface area contributed by atoms with Gasteiger partial charge in [-0.25, -0.2) is 9.79 Å². The van der Waals surface area contributed by atoms with Crippen LogP contribution in [0.15, 0.2) is 70.9 Å². The van der Waals surface area contributed by atoms with Crippen LogP contribution in [0, 0.1) is 0 Å². The Hall–Kier alpha value is -2.88. The summed E-state index contributed by atoms with van der Waals surface area (Å²) in [6.45, 7) is 0.750. The predicted octanol–water partition coefficient (Wildman–Crippen LogP) is 2.69. The van der Waals surface area contributed by atoms with Crippen LogP contribution in [0.1, 0.15) is 5.56 Å². The second-order valence-electron chi connectivity index (χ2n) is 5.80. The fourth-order valence-corrected chi connectivity index (χ4v) is 3.87. The average Bonchev–Trinajstić information content (AvgIpc) is 3.15. The lowest BCUT2D eigenvalue weighted by atomic mass is 9.80. The van der Waals surface area contributed by atoms with Crippen molar-refractivity contribution < 1.29 is 9.90 Å². The number of nitrogens with zero attached hydrogens (tertiary/aromatic N) is 2. The monoisotopic (exact) mass is 288 g/mol. The third-order valence-electron chi connectivity index (χ3n) is 4.83. The quantitative estimate of drug-likeness (QED) is 0.864. The number of fused-ring (bicyclic) bond motifs is 3. The lowest BCUT2D eigenvalue weighted by Gasteiger charge is -2.40. The van der Waals surface area contributed by atoms with E-state index in [-0.39, 0.29) is 0 Å². The molecule has 0 fully saturated rings. The molecule has 1 aromatic rings. The second kappa shape index (κ2) is 3.65. The number of rotatable bonds is 1. The van der Waals surface area contributed by atoms with Crippen molar-refractivity contribution in [1.82, 2.24) is 4.90 Å². The van der Waals surface area contributed by atoms with Gasteiger partial charge in [0.1, 0.15) is 5.54 Å². The molecule has 22 heavy (non-hydrogen) atoms. The zero-order chi connectivity index (χ0) is 14.9. The summed E-state index contributed by atoms with van der Waals surface area (Å²) in [6, 6.07) is 8.07. The molecule has 0 saturated heterocycles. The van der Waals surface area contributed by atoms with Crippen molar-refractivity contribution >= 4 is 22.9 Å². The summed E-state index contributed by atoms with van der Waals surface area (Å²) in [5.74, 6) is -0.887. The van der Waals surface area contributed by atoms with E-state index in [4.69, 9.17) is 4.99 Å². The van der Waals surface area contributed by atoms with Crippen molar-refractivity contribution in [2.24, 2.45) is 4.99 Å². The minimum absolute atomic E-state index is 0.360. The van der Waals surface area contributed by atoms with Crippen LogP contribution in [-0.4, -0.2) is 33.8 Å². The van der Waals surface area contributed by atoms with Gasteiger partial charge < -0.3 is 10.0 Å². The highest BCUT2D eigenvalue weighted by Gasteiger charge is 2.52. The summed E-state index contributed by atoms with van der Waals surface area (Å²) in [5.41, 5.74) is 4.79. The van der Waals surface area contributed by atoms with Gasteiger partial charge in [0.05, 0.1) is 17.0 Å². The van der Waals surface area contributed by atoms with Crippen LogP contribution >= 0.6 is 0 Å². The second-order valence-corrected chi connectivity index (χ2v) is 5.80. The third-order valence-corrected chi connectivity index (χ3v) is 4.83. The molecular weight excluding hydrogens is 276 g/mol. The molecule has 0 saturated carbocycles. The van der Waals surface area contributed by atoms with E-state index in [0.717, 1.165) is 34.7 Å². The van der Waals surface area contributed by atoms with Gasteiger partial charge in [-0.1, -0.05) is 24.3 Å². The van der Waals surface area contributed by atoms with E-state index in [9.17, 15) is 9.90 Å². The highest BCUT2D eigenvalue weighted by atomic mass is 16.4. The van der Waals surface area contributed by atoms with Gasteiger partial charge in [-0.2, -0.15) is 0 Å². The summed E-state index contributed by atoms with van der Waals surface area (Å²) in [5, 5.41) is 9.45. The van der Waals surface area contributed by atoms with Gasteiger partial charge in [0.2, 0.25) is 0 Å². The molecule has 1 spiro atoms. The largest absolute Gasteiger partial charge is 0.478 e. The fraction of sp³-hybridized carbons (Fsp3) is 0.111. The van der Waals surface area contributed by atoms with E-state index in [1.54, 1.807) is 6.08 Å². The third kappa shape index (κ3) is 1.15. The maximum Gasteiger partial charge on any atom is 0.336 e. The zero-order valence-corrected chi connectivity index (χ0v) is 11.7. The van der Waals surface area contributed by atoms with Gasteiger partial charge in [-0.15, -0.1) is 0 Å². The number of hydrogen-bond donors (Lipinski definition) is 1. The SMILES string of the molecule is O=C(O)C1=C2C=CN3CC=C4C(=Nc5ccccc54)C23C=C1. The molecule has 0 aromatic heterocycles. The van der Waals surface area contributed by atoms with Gasteiger partial charge in [-0.05, 0) is 24.3 Å². The topological polar surface area (TPSA) is 52.9 Å². The predicted molar refractivity (Wildman–Crippen MR) is 83.9 cm³/mol. The molecule has 1 atom stereocenters. The molecule has 4 nitrogen and oxygen atoms in total. The normalized spacial score (nSPS) is 26.5. The first-order valence-corrected chi connectivity index (χ1v) is 7.23. The van der Waals surface area contributed by atoms with Crippen molar-refractivity contribution in [3.63, 3.8) is 0 Å². The number of aliphatic carboxylic acids is 1. The Morgan fingerprint density at radius 2 is 2.14 bits per heavy atom. The van der Waals surface area contributed by atoms with Crippen molar-refractivity contribution in [3.05, 3.63) is 71.5 Å². The molecule has 106 valence electrons. The molecule has 3 heterocycles. The van der Waals surface area contributed by atoms with E-state index in [2.05, 4.69) is 17.0 Å². The summed E-state index contributed by atoms with van der Waals surface area (Å²) in [7, 11) is 0. The van der Waals surface area contributed by atoms with Crippen LogP contribution in [0.4, 0.5) is 5.69 Å². The van der Waals surface area contributed by atoms with Crippen LogP contribution in [0.5, 0.6) is 0 Å². The molecule has 5 rings (SSSR count). The standard InChI is InChI=1S/C18H12N2O2/c21-17(22)13-5-8-18-14(13)7-10-20(18)9-6-12-11-3-1-2-4-15(11)19-16(12)18/h1-8,10H,9H2,(H,21,22).